The normalized spacial score (nSPS) is 12.2. The van der Waals surface area contributed by atoms with Crippen molar-refractivity contribution in [3.05, 3.63) is 63.6 Å². The van der Waals surface area contributed by atoms with Gasteiger partial charge in [-0.05, 0) is 38.6 Å². The summed E-state index contributed by atoms with van der Waals surface area (Å²) in [5.41, 5.74) is 3.61. The number of ether oxygens (including phenoxy) is 1. The number of halogens is 1. The Bertz CT molecular complexity index is 583. The van der Waals surface area contributed by atoms with Crippen LogP contribution in [0.15, 0.2) is 46.9 Å². The van der Waals surface area contributed by atoms with E-state index in [1.54, 1.807) is 0 Å². The molecule has 0 aliphatic rings. The van der Waals surface area contributed by atoms with Gasteiger partial charge in [0.05, 0.1) is 0 Å². The maximum atomic E-state index is 6.01. The lowest BCUT2D eigenvalue weighted by molar-refractivity contribution is 0.300. The molecule has 0 aliphatic carbocycles. The smallest absolute Gasteiger partial charge is 0.125 e. The van der Waals surface area contributed by atoms with Gasteiger partial charge in [0.25, 0.3) is 0 Å². The van der Waals surface area contributed by atoms with E-state index in [2.05, 4.69) is 65.4 Å². The van der Waals surface area contributed by atoms with Gasteiger partial charge in [-0.15, -0.1) is 0 Å². The first kappa shape index (κ1) is 15.1. The third-order valence-electron chi connectivity index (χ3n) is 3.35. The van der Waals surface area contributed by atoms with Gasteiger partial charge in [-0.2, -0.15) is 0 Å². The van der Waals surface area contributed by atoms with Crippen molar-refractivity contribution in [2.45, 2.75) is 26.5 Å². The van der Waals surface area contributed by atoms with Crippen molar-refractivity contribution in [1.29, 1.82) is 0 Å². The summed E-state index contributed by atoms with van der Waals surface area (Å²) in [5.74, 6) is 0.919. The van der Waals surface area contributed by atoms with E-state index in [1.165, 1.54) is 16.7 Å². The fraction of sp³-hybridized carbons (Fsp3) is 0.294. The number of hydrogen-bond acceptors (Lipinski definition) is 2. The lowest BCUT2D eigenvalue weighted by Gasteiger charge is -2.17. The third kappa shape index (κ3) is 3.84. The van der Waals surface area contributed by atoms with Gasteiger partial charge in [-0.1, -0.05) is 51.8 Å². The molecule has 1 N–H and O–H groups in total. The summed E-state index contributed by atoms with van der Waals surface area (Å²) in [4.78, 5) is 0. The Morgan fingerprint density at radius 2 is 2.00 bits per heavy atom. The van der Waals surface area contributed by atoms with Crippen molar-refractivity contribution < 1.29 is 4.74 Å². The van der Waals surface area contributed by atoms with Crippen LogP contribution in [-0.4, -0.2) is 7.05 Å². The Labute approximate surface area is 129 Å². The van der Waals surface area contributed by atoms with Crippen molar-refractivity contribution in [2.24, 2.45) is 0 Å². The van der Waals surface area contributed by atoms with E-state index < -0.39 is 0 Å². The fourth-order valence-electron chi connectivity index (χ4n) is 2.11. The zero-order valence-electron chi connectivity index (χ0n) is 12.1. The maximum absolute atomic E-state index is 6.01. The number of rotatable bonds is 5. The second-order valence-corrected chi connectivity index (χ2v) is 5.89. The standard InChI is InChI=1S/C17H20BrNO/c1-12-5-4-6-14(9-12)11-20-17-10-15(18)7-8-16(17)13(2)19-3/h4-10,13,19H,11H2,1-3H3. The van der Waals surface area contributed by atoms with Gasteiger partial charge in [0.2, 0.25) is 0 Å². The van der Waals surface area contributed by atoms with Crippen molar-refractivity contribution >= 4 is 15.9 Å². The number of nitrogens with one attached hydrogen (secondary N) is 1. The lowest BCUT2D eigenvalue weighted by Crippen LogP contribution is -2.13. The van der Waals surface area contributed by atoms with Crippen molar-refractivity contribution in [1.82, 2.24) is 5.32 Å². The van der Waals surface area contributed by atoms with E-state index in [-0.39, 0.29) is 6.04 Å². The van der Waals surface area contributed by atoms with E-state index in [4.69, 9.17) is 4.74 Å². The highest BCUT2D eigenvalue weighted by molar-refractivity contribution is 9.10. The monoisotopic (exact) mass is 333 g/mol. The van der Waals surface area contributed by atoms with Gasteiger partial charge >= 0.3 is 0 Å². The fourth-order valence-corrected chi connectivity index (χ4v) is 2.45. The molecule has 2 nitrogen and oxygen atoms in total. The van der Waals surface area contributed by atoms with Crippen molar-refractivity contribution in [3.63, 3.8) is 0 Å². The van der Waals surface area contributed by atoms with Crippen LogP contribution in [0.2, 0.25) is 0 Å². The highest BCUT2D eigenvalue weighted by atomic mass is 79.9. The Balaban J connectivity index is 2.18. The summed E-state index contributed by atoms with van der Waals surface area (Å²) in [6.45, 7) is 4.81. The van der Waals surface area contributed by atoms with Crippen LogP contribution in [0.3, 0.4) is 0 Å². The first-order valence-corrected chi connectivity index (χ1v) is 7.54. The number of benzene rings is 2. The van der Waals surface area contributed by atoms with E-state index in [9.17, 15) is 0 Å². The molecular weight excluding hydrogens is 314 g/mol. The zero-order chi connectivity index (χ0) is 14.5. The molecule has 3 heteroatoms. The van der Waals surface area contributed by atoms with Crippen LogP contribution in [-0.2, 0) is 6.61 Å². The van der Waals surface area contributed by atoms with Gasteiger partial charge in [-0.3, -0.25) is 0 Å². The predicted molar refractivity (Wildman–Crippen MR) is 87.1 cm³/mol. The quantitative estimate of drug-likeness (QED) is 0.862. The summed E-state index contributed by atoms with van der Waals surface area (Å²) >= 11 is 3.50. The Morgan fingerprint density at radius 1 is 1.20 bits per heavy atom. The van der Waals surface area contributed by atoms with Crippen LogP contribution >= 0.6 is 15.9 Å². The average molecular weight is 334 g/mol. The lowest BCUT2D eigenvalue weighted by atomic mass is 10.1. The molecule has 2 aromatic carbocycles. The molecule has 1 atom stereocenters. The summed E-state index contributed by atoms with van der Waals surface area (Å²) in [7, 11) is 1.96. The van der Waals surface area contributed by atoms with Crippen LogP contribution < -0.4 is 10.1 Å². The molecule has 0 saturated heterocycles. The Hall–Kier alpha value is -1.32. The highest BCUT2D eigenvalue weighted by Crippen LogP contribution is 2.29. The van der Waals surface area contributed by atoms with Gasteiger partial charge in [0, 0.05) is 16.1 Å². The largest absolute Gasteiger partial charge is 0.489 e. The molecule has 2 aromatic rings. The molecule has 0 bridgehead atoms. The van der Waals surface area contributed by atoms with Crippen LogP contribution in [0.25, 0.3) is 0 Å². The molecule has 0 radical (unpaired) electrons. The molecule has 106 valence electrons. The molecule has 0 aromatic heterocycles. The molecule has 2 rings (SSSR count). The molecule has 0 amide bonds. The molecule has 1 unspecified atom stereocenters. The zero-order valence-corrected chi connectivity index (χ0v) is 13.7. The average Bonchev–Trinajstić information content (AvgIpc) is 2.44. The summed E-state index contributed by atoms with van der Waals surface area (Å²) < 4.78 is 7.04. The Kier molecular flexibility index (Phi) is 5.21. The first-order chi connectivity index (χ1) is 9.60. The predicted octanol–water partition coefficient (Wildman–Crippen LogP) is 4.62. The van der Waals surface area contributed by atoms with Crippen LogP contribution in [0.1, 0.15) is 29.7 Å². The molecule has 0 fully saturated rings. The van der Waals surface area contributed by atoms with Gasteiger partial charge in [0.15, 0.2) is 0 Å². The third-order valence-corrected chi connectivity index (χ3v) is 3.85. The van der Waals surface area contributed by atoms with E-state index >= 15 is 0 Å². The van der Waals surface area contributed by atoms with Crippen LogP contribution in [0, 0.1) is 6.92 Å². The van der Waals surface area contributed by atoms with Crippen LogP contribution in [0.5, 0.6) is 5.75 Å². The molecule has 0 saturated carbocycles. The minimum absolute atomic E-state index is 0.260. The maximum Gasteiger partial charge on any atom is 0.125 e. The van der Waals surface area contributed by atoms with E-state index in [1.807, 2.05) is 19.2 Å². The van der Waals surface area contributed by atoms with Gasteiger partial charge < -0.3 is 10.1 Å². The molecule has 0 aliphatic heterocycles. The topological polar surface area (TPSA) is 21.3 Å². The summed E-state index contributed by atoms with van der Waals surface area (Å²) in [6.07, 6.45) is 0. The molecular formula is C17H20BrNO. The molecule has 20 heavy (non-hydrogen) atoms. The SMILES string of the molecule is CNC(C)c1ccc(Br)cc1OCc1cccc(C)c1. The van der Waals surface area contributed by atoms with E-state index in [0.29, 0.717) is 6.61 Å². The second kappa shape index (κ2) is 6.91. The Morgan fingerprint density at radius 3 is 2.70 bits per heavy atom. The minimum atomic E-state index is 0.260. The molecule has 0 spiro atoms. The van der Waals surface area contributed by atoms with Gasteiger partial charge in [0.1, 0.15) is 12.4 Å². The molecule has 0 heterocycles. The van der Waals surface area contributed by atoms with Gasteiger partial charge in [-0.25, -0.2) is 0 Å². The summed E-state index contributed by atoms with van der Waals surface area (Å²) in [6, 6.07) is 14.8. The van der Waals surface area contributed by atoms with Crippen molar-refractivity contribution in [2.75, 3.05) is 7.05 Å². The van der Waals surface area contributed by atoms with Crippen LogP contribution in [0.4, 0.5) is 0 Å². The number of aryl methyl sites for hydroxylation is 1. The van der Waals surface area contributed by atoms with E-state index in [0.717, 1.165) is 10.2 Å². The number of hydrogen-bond donors (Lipinski definition) is 1. The van der Waals surface area contributed by atoms with Crippen molar-refractivity contribution in [3.8, 4) is 5.75 Å². The second-order valence-electron chi connectivity index (χ2n) is 4.97. The minimum Gasteiger partial charge on any atom is -0.489 e. The summed E-state index contributed by atoms with van der Waals surface area (Å²) in [5, 5.41) is 3.25. The first-order valence-electron chi connectivity index (χ1n) is 6.75. The highest BCUT2D eigenvalue weighted by Gasteiger charge is 2.10.